The second-order valence-corrected chi connectivity index (χ2v) is 5.44. The van der Waals surface area contributed by atoms with E-state index in [0.717, 1.165) is 49.5 Å². The number of halogens is 3. The van der Waals surface area contributed by atoms with Gasteiger partial charge < -0.3 is 10.1 Å². The zero-order chi connectivity index (χ0) is 14.9. The van der Waals surface area contributed by atoms with E-state index in [0.29, 0.717) is 12.5 Å². The second-order valence-electron chi connectivity index (χ2n) is 5.44. The molecule has 0 spiro atoms. The number of piperidine rings is 1. The molecule has 114 valence electrons. The van der Waals surface area contributed by atoms with Crippen LogP contribution in [-0.2, 0) is 10.9 Å². The molecule has 3 rings (SSSR count). The maximum absolute atomic E-state index is 12.5. The number of alkyl halides is 3. The van der Waals surface area contributed by atoms with Crippen LogP contribution in [0, 0.1) is 5.92 Å². The number of benzene rings is 1. The van der Waals surface area contributed by atoms with E-state index in [-0.39, 0.29) is 6.04 Å². The van der Waals surface area contributed by atoms with Crippen molar-refractivity contribution in [1.82, 2.24) is 5.32 Å². The van der Waals surface area contributed by atoms with Crippen LogP contribution < -0.4 is 5.32 Å². The molecule has 21 heavy (non-hydrogen) atoms. The van der Waals surface area contributed by atoms with Gasteiger partial charge in [0, 0.05) is 5.92 Å². The monoisotopic (exact) mass is 298 g/mol. The Hall–Kier alpha value is -1.56. The number of nitrogens with zero attached hydrogens (tertiary/aromatic N) is 1. The van der Waals surface area contributed by atoms with Crippen molar-refractivity contribution in [2.45, 2.75) is 25.1 Å². The highest BCUT2D eigenvalue weighted by Gasteiger charge is 2.31. The normalized spacial score (nSPS) is 23.8. The summed E-state index contributed by atoms with van der Waals surface area (Å²) in [6, 6.07) is 5.01. The minimum absolute atomic E-state index is 0.183. The molecule has 0 amide bonds. The van der Waals surface area contributed by atoms with E-state index in [2.05, 4.69) is 10.3 Å². The van der Waals surface area contributed by atoms with Gasteiger partial charge in [-0.2, -0.15) is 13.2 Å². The van der Waals surface area contributed by atoms with Gasteiger partial charge in [-0.05, 0) is 43.6 Å². The van der Waals surface area contributed by atoms with Crippen LogP contribution in [0.1, 0.15) is 30.0 Å². The molecule has 1 atom stereocenters. The van der Waals surface area contributed by atoms with E-state index in [1.54, 1.807) is 0 Å². The zero-order valence-corrected chi connectivity index (χ0v) is 11.5. The fourth-order valence-corrected chi connectivity index (χ4v) is 2.75. The van der Waals surface area contributed by atoms with E-state index in [1.807, 2.05) is 0 Å². The maximum Gasteiger partial charge on any atom is 0.416 e. The van der Waals surface area contributed by atoms with Crippen molar-refractivity contribution in [3.63, 3.8) is 0 Å². The predicted octanol–water partition coefficient (Wildman–Crippen LogP) is 3.17. The summed E-state index contributed by atoms with van der Waals surface area (Å²) in [6.07, 6.45) is -2.30. The zero-order valence-electron chi connectivity index (χ0n) is 11.5. The summed E-state index contributed by atoms with van der Waals surface area (Å²) in [5, 5.41) is 3.28. The Morgan fingerprint density at radius 1 is 1.10 bits per heavy atom. The van der Waals surface area contributed by atoms with Crippen LogP contribution in [0.3, 0.4) is 0 Å². The SMILES string of the molecule is FC(F)(F)c1ccc(C2COC(C3CCNCC3)=N2)cc1. The molecule has 0 radical (unpaired) electrons. The lowest BCUT2D eigenvalue weighted by Gasteiger charge is -2.21. The second kappa shape index (κ2) is 5.67. The Bertz CT molecular complexity index is 519. The van der Waals surface area contributed by atoms with Crippen LogP contribution >= 0.6 is 0 Å². The Balaban J connectivity index is 1.71. The fraction of sp³-hybridized carbons (Fsp3) is 0.533. The minimum Gasteiger partial charge on any atom is -0.478 e. The molecule has 2 heterocycles. The summed E-state index contributed by atoms with van der Waals surface area (Å²) in [5.74, 6) is 1.10. The molecular weight excluding hydrogens is 281 g/mol. The molecule has 1 aromatic rings. The summed E-state index contributed by atoms with van der Waals surface area (Å²) in [4.78, 5) is 4.56. The van der Waals surface area contributed by atoms with Crippen molar-refractivity contribution < 1.29 is 17.9 Å². The van der Waals surface area contributed by atoms with E-state index in [1.165, 1.54) is 12.1 Å². The molecule has 0 saturated carbocycles. The van der Waals surface area contributed by atoms with Gasteiger partial charge in [-0.3, -0.25) is 0 Å². The van der Waals surface area contributed by atoms with Gasteiger partial charge in [0.05, 0.1) is 5.56 Å². The molecule has 1 aromatic carbocycles. The van der Waals surface area contributed by atoms with Gasteiger partial charge >= 0.3 is 6.18 Å². The maximum atomic E-state index is 12.5. The Morgan fingerprint density at radius 2 is 1.76 bits per heavy atom. The first kappa shape index (κ1) is 14.4. The predicted molar refractivity (Wildman–Crippen MR) is 73.2 cm³/mol. The highest BCUT2D eigenvalue weighted by Crippen LogP contribution is 2.32. The van der Waals surface area contributed by atoms with Crippen LogP contribution in [0.2, 0.25) is 0 Å². The molecule has 1 N–H and O–H groups in total. The molecule has 1 fully saturated rings. The summed E-state index contributed by atoms with van der Waals surface area (Å²) >= 11 is 0. The molecule has 2 aliphatic rings. The van der Waals surface area contributed by atoms with Crippen molar-refractivity contribution >= 4 is 5.90 Å². The Morgan fingerprint density at radius 3 is 2.38 bits per heavy atom. The highest BCUT2D eigenvalue weighted by atomic mass is 19.4. The summed E-state index contributed by atoms with van der Waals surface area (Å²) in [5.41, 5.74) is 0.139. The largest absolute Gasteiger partial charge is 0.478 e. The average Bonchev–Trinajstić information content (AvgIpc) is 2.97. The first-order valence-electron chi connectivity index (χ1n) is 7.12. The number of hydrogen-bond acceptors (Lipinski definition) is 3. The molecular formula is C15H17F3N2O. The topological polar surface area (TPSA) is 33.6 Å². The standard InChI is InChI=1S/C15H17F3N2O/c16-15(17,18)12-3-1-10(2-4-12)13-9-21-14(20-13)11-5-7-19-8-6-11/h1-4,11,13,19H,5-9H2. The van der Waals surface area contributed by atoms with E-state index in [4.69, 9.17) is 4.74 Å². The highest BCUT2D eigenvalue weighted by molar-refractivity contribution is 5.80. The summed E-state index contributed by atoms with van der Waals surface area (Å²) in [7, 11) is 0. The summed E-state index contributed by atoms with van der Waals surface area (Å²) < 4.78 is 43.3. The number of nitrogens with one attached hydrogen (secondary N) is 1. The quantitative estimate of drug-likeness (QED) is 0.910. The molecule has 6 heteroatoms. The van der Waals surface area contributed by atoms with Gasteiger partial charge in [-0.1, -0.05) is 12.1 Å². The Kier molecular flexibility index (Phi) is 3.89. The lowest BCUT2D eigenvalue weighted by atomic mass is 9.98. The molecule has 1 saturated heterocycles. The number of rotatable bonds is 2. The third-order valence-electron chi connectivity index (χ3n) is 3.98. The van der Waals surface area contributed by atoms with E-state index >= 15 is 0 Å². The first-order chi connectivity index (χ1) is 10.0. The first-order valence-corrected chi connectivity index (χ1v) is 7.12. The number of hydrogen-bond donors (Lipinski definition) is 1. The van der Waals surface area contributed by atoms with Crippen LogP contribution in [0.5, 0.6) is 0 Å². The van der Waals surface area contributed by atoms with Crippen molar-refractivity contribution in [2.24, 2.45) is 10.9 Å². The number of ether oxygens (including phenoxy) is 1. The van der Waals surface area contributed by atoms with Crippen molar-refractivity contribution in [1.29, 1.82) is 0 Å². The molecule has 1 unspecified atom stereocenters. The Labute approximate surface area is 121 Å². The van der Waals surface area contributed by atoms with Crippen LogP contribution in [0.15, 0.2) is 29.3 Å². The van der Waals surface area contributed by atoms with Crippen molar-refractivity contribution in [2.75, 3.05) is 19.7 Å². The lowest BCUT2D eigenvalue weighted by Crippen LogP contribution is -2.31. The van der Waals surface area contributed by atoms with Crippen molar-refractivity contribution in [3.8, 4) is 0 Å². The van der Waals surface area contributed by atoms with Gasteiger partial charge in [0.25, 0.3) is 0 Å². The van der Waals surface area contributed by atoms with E-state index < -0.39 is 11.7 Å². The van der Waals surface area contributed by atoms with Crippen LogP contribution in [0.25, 0.3) is 0 Å². The average molecular weight is 298 g/mol. The van der Waals surface area contributed by atoms with E-state index in [9.17, 15) is 13.2 Å². The van der Waals surface area contributed by atoms with Gasteiger partial charge in [0.15, 0.2) is 5.90 Å². The minimum atomic E-state index is -4.30. The van der Waals surface area contributed by atoms with Gasteiger partial charge in [0.1, 0.15) is 12.6 Å². The van der Waals surface area contributed by atoms with Gasteiger partial charge in [0.2, 0.25) is 0 Å². The van der Waals surface area contributed by atoms with Crippen LogP contribution in [-0.4, -0.2) is 25.6 Å². The van der Waals surface area contributed by atoms with Crippen molar-refractivity contribution in [3.05, 3.63) is 35.4 Å². The smallest absolute Gasteiger partial charge is 0.416 e. The molecule has 3 nitrogen and oxygen atoms in total. The van der Waals surface area contributed by atoms with Gasteiger partial charge in [-0.15, -0.1) is 0 Å². The molecule has 2 aliphatic heterocycles. The number of aliphatic imine (C=N–C) groups is 1. The fourth-order valence-electron chi connectivity index (χ4n) is 2.75. The lowest BCUT2D eigenvalue weighted by molar-refractivity contribution is -0.137. The molecule has 0 bridgehead atoms. The van der Waals surface area contributed by atoms with Crippen LogP contribution in [0.4, 0.5) is 13.2 Å². The third-order valence-corrected chi connectivity index (χ3v) is 3.98. The third kappa shape index (κ3) is 3.20. The molecule has 0 aliphatic carbocycles. The van der Waals surface area contributed by atoms with Gasteiger partial charge in [-0.25, -0.2) is 4.99 Å². The summed E-state index contributed by atoms with van der Waals surface area (Å²) in [6.45, 7) is 2.33. The molecule has 0 aromatic heterocycles.